The number of anilines is 1. The highest BCUT2D eigenvalue weighted by atomic mass is 79.9. The molecule has 2 aromatic carbocycles. The molecule has 0 fully saturated rings. The Morgan fingerprint density at radius 3 is 2.71 bits per heavy atom. The molecule has 5 nitrogen and oxygen atoms in total. The van der Waals surface area contributed by atoms with Gasteiger partial charge in [-0.15, -0.1) is 0 Å². The molecular weight excluding hydrogens is 370 g/mol. The number of benzene rings is 2. The smallest absolute Gasteiger partial charge is 0.273 e. The lowest BCUT2D eigenvalue weighted by Gasteiger charge is -2.03. The van der Waals surface area contributed by atoms with E-state index in [1.807, 2.05) is 55.5 Å². The third-order valence-corrected chi connectivity index (χ3v) is 3.86. The van der Waals surface area contributed by atoms with Crippen LogP contribution < -0.4 is 10.1 Å². The topological polar surface area (TPSA) is 67.0 Å². The summed E-state index contributed by atoms with van der Waals surface area (Å²) in [6.45, 7) is 2.57. The van der Waals surface area contributed by atoms with Crippen molar-refractivity contribution in [1.82, 2.24) is 10.2 Å². The zero-order chi connectivity index (χ0) is 16.9. The molecule has 6 heteroatoms. The lowest BCUT2D eigenvalue weighted by atomic mass is 10.1. The van der Waals surface area contributed by atoms with Crippen LogP contribution in [0.3, 0.4) is 0 Å². The second kappa shape index (κ2) is 7.31. The Kier molecular flexibility index (Phi) is 4.96. The third-order valence-electron chi connectivity index (χ3n) is 3.37. The second-order valence-electron chi connectivity index (χ2n) is 5.09. The minimum atomic E-state index is -0.238. The van der Waals surface area contributed by atoms with E-state index in [1.54, 1.807) is 6.07 Å². The third kappa shape index (κ3) is 3.83. The van der Waals surface area contributed by atoms with Crippen LogP contribution in [0.25, 0.3) is 11.3 Å². The van der Waals surface area contributed by atoms with Gasteiger partial charge in [-0.25, -0.2) is 0 Å². The lowest BCUT2D eigenvalue weighted by molar-refractivity contribution is 0.102. The van der Waals surface area contributed by atoms with Crippen molar-refractivity contribution in [2.45, 2.75) is 6.92 Å². The number of nitrogens with one attached hydrogen (secondary N) is 2. The summed E-state index contributed by atoms with van der Waals surface area (Å²) in [5.74, 6) is 0.571. The van der Waals surface area contributed by atoms with Crippen molar-refractivity contribution < 1.29 is 9.53 Å². The van der Waals surface area contributed by atoms with Gasteiger partial charge in [-0.05, 0) is 55.5 Å². The van der Waals surface area contributed by atoms with Crippen molar-refractivity contribution >= 4 is 27.5 Å². The Labute approximate surface area is 148 Å². The van der Waals surface area contributed by atoms with Crippen LogP contribution in [-0.4, -0.2) is 22.7 Å². The fourth-order valence-corrected chi connectivity index (χ4v) is 2.64. The van der Waals surface area contributed by atoms with Crippen molar-refractivity contribution in [2.75, 3.05) is 11.9 Å². The monoisotopic (exact) mass is 385 g/mol. The van der Waals surface area contributed by atoms with E-state index in [2.05, 4.69) is 31.4 Å². The maximum atomic E-state index is 12.3. The van der Waals surface area contributed by atoms with Gasteiger partial charge in [0.25, 0.3) is 5.91 Å². The molecule has 0 radical (unpaired) electrons. The first-order chi connectivity index (χ1) is 11.7. The highest BCUT2D eigenvalue weighted by Crippen LogP contribution is 2.22. The number of hydrogen-bond donors (Lipinski definition) is 2. The molecule has 122 valence electrons. The number of amides is 1. The number of aromatic amines is 1. The molecule has 2 N–H and O–H groups in total. The molecule has 1 amide bonds. The van der Waals surface area contributed by atoms with Crippen LogP contribution in [-0.2, 0) is 0 Å². The van der Waals surface area contributed by atoms with E-state index in [0.717, 1.165) is 15.8 Å². The van der Waals surface area contributed by atoms with Crippen LogP contribution in [0.4, 0.5) is 5.69 Å². The molecule has 0 saturated heterocycles. The van der Waals surface area contributed by atoms with Gasteiger partial charge in [-0.3, -0.25) is 9.89 Å². The standard InChI is InChI=1S/C18H16BrN3O2/c1-2-24-15-8-6-12(7-9-15)16-11-17(22-21-16)18(23)20-14-5-3-4-13(19)10-14/h3-11H,2H2,1H3,(H,20,23)(H,21,22). The van der Waals surface area contributed by atoms with Gasteiger partial charge in [0.2, 0.25) is 0 Å². The molecule has 0 atom stereocenters. The normalized spacial score (nSPS) is 10.4. The Morgan fingerprint density at radius 2 is 2.00 bits per heavy atom. The molecular formula is C18H16BrN3O2. The van der Waals surface area contributed by atoms with Gasteiger partial charge in [-0.1, -0.05) is 22.0 Å². The van der Waals surface area contributed by atoms with Gasteiger partial charge in [0.1, 0.15) is 11.4 Å². The van der Waals surface area contributed by atoms with Crippen LogP contribution in [0.5, 0.6) is 5.75 Å². The molecule has 0 unspecified atom stereocenters. The minimum Gasteiger partial charge on any atom is -0.494 e. The number of rotatable bonds is 5. The van der Waals surface area contributed by atoms with Crippen molar-refractivity contribution in [2.24, 2.45) is 0 Å². The maximum absolute atomic E-state index is 12.3. The fourth-order valence-electron chi connectivity index (χ4n) is 2.24. The van der Waals surface area contributed by atoms with Gasteiger partial charge < -0.3 is 10.1 Å². The summed E-state index contributed by atoms with van der Waals surface area (Å²) in [6, 6.07) is 16.7. The molecule has 1 heterocycles. The number of hydrogen-bond acceptors (Lipinski definition) is 3. The predicted molar refractivity (Wildman–Crippen MR) is 97.3 cm³/mol. The molecule has 3 aromatic rings. The number of ether oxygens (including phenoxy) is 1. The number of nitrogens with zero attached hydrogens (tertiary/aromatic N) is 1. The molecule has 0 saturated carbocycles. The van der Waals surface area contributed by atoms with Crippen LogP contribution in [0.15, 0.2) is 59.1 Å². The fraction of sp³-hybridized carbons (Fsp3) is 0.111. The average Bonchev–Trinajstić information content (AvgIpc) is 3.06. The number of carbonyl (C=O) groups excluding carboxylic acids is 1. The molecule has 0 bridgehead atoms. The summed E-state index contributed by atoms with van der Waals surface area (Å²) < 4.78 is 6.32. The molecule has 0 aliphatic rings. The SMILES string of the molecule is CCOc1ccc(-c2cc(C(=O)Nc3cccc(Br)c3)[nH]n2)cc1. The largest absolute Gasteiger partial charge is 0.494 e. The van der Waals surface area contributed by atoms with Gasteiger partial charge >= 0.3 is 0 Å². The highest BCUT2D eigenvalue weighted by molar-refractivity contribution is 9.10. The summed E-state index contributed by atoms with van der Waals surface area (Å²) in [5.41, 5.74) is 2.74. The number of carbonyl (C=O) groups is 1. The van der Waals surface area contributed by atoms with Crippen molar-refractivity contribution in [3.63, 3.8) is 0 Å². The van der Waals surface area contributed by atoms with Crippen molar-refractivity contribution in [1.29, 1.82) is 0 Å². The van der Waals surface area contributed by atoms with Crippen molar-refractivity contribution in [3.8, 4) is 17.0 Å². The highest BCUT2D eigenvalue weighted by Gasteiger charge is 2.11. The van der Waals surface area contributed by atoms with Crippen LogP contribution in [0.2, 0.25) is 0 Å². The Balaban J connectivity index is 1.73. The first kappa shape index (κ1) is 16.3. The van der Waals surface area contributed by atoms with E-state index in [-0.39, 0.29) is 5.91 Å². The molecule has 24 heavy (non-hydrogen) atoms. The van der Waals surface area contributed by atoms with Gasteiger partial charge in [0, 0.05) is 15.7 Å². The first-order valence-corrected chi connectivity index (χ1v) is 8.30. The second-order valence-corrected chi connectivity index (χ2v) is 6.00. The van der Waals surface area contributed by atoms with E-state index in [9.17, 15) is 4.79 Å². The summed E-state index contributed by atoms with van der Waals surface area (Å²) >= 11 is 3.38. The molecule has 1 aromatic heterocycles. The maximum Gasteiger partial charge on any atom is 0.273 e. The Hall–Kier alpha value is -2.60. The zero-order valence-electron chi connectivity index (χ0n) is 13.0. The van der Waals surface area contributed by atoms with Crippen LogP contribution in [0.1, 0.15) is 17.4 Å². The number of H-pyrrole nitrogens is 1. The van der Waals surface area contributed by atoms with E-state index >= 15 is 0 Å². The summed E-state index contributed by atoms with van der Waals surface area (Å²) in [7, 11) is 0. The summed E-state index contributed by atoms with van der Waals surface area (Å²) in [4.78, 5) is 12.3. The predicted octanol–water partition coefficient (Wildman–Crippen LogP) is 4.49. The van der Waals surface area contributed by atoms with E-state index in [1.165, 1.54) is 0 Å². The van der Waals surface area contributed by atoms with E-state index in [0.29, 0.717) is 23.7 Å². The van der Waals surface area contributed by atoms with Crippen LogP contribution in [0, 0.1) is 0 Å². The average molecular weight is 386 g/mol. The summed E-state index contributed by atoms with van der Waals surface area (Å²) in [5, 5.41) is 9.81. The lowest BCUT2D eigenvalue weighted by Crippen LogP contribution is -2.12. The minimum absolute atomic E-state index is 0.238. The molecule has 0 spiro atoms. The van der Waals surface area contributed by atoms with Gasteiger partial charge in [-0.2, -0.15) is 5.10 Å². The summed E-state index contributed by atoms with van der Waals surface area (Å²) in [6.07, 6.45) is 0. The molecule has 3 rings (SSSR count). The first-order valence-electron chi connectivity index (χ1n) is 7.51. The zero-order valence-corrected chi connectivity index (χ0v) is 14.6. The Bertz CT molecular complexity index is 843. The van der Waals surface area contributed by atoms with E-state index in [4.69, 9.17) is 4.74 Å². The number of aromatic nitrogens is 2. The van der Waals surface area contributed by atoms with Crippen LogP contribution >= 0.6 is 15.9 Å². The molecule has 0 aliphatic heterocycles. The van der Waals surface area contributed by atoms with Gasteiger partial charge in [0.15, 0.2) is 0 Å². The Morgan fingerprint density at radius 1 is 1.21 bits per heavy atom. The number of halogens is 1. The quantitative estimate of drug-likeness (QED) is 0.679. The van der Waals surface area contributed by atoms with Gasteiger partial charge in [0.05, 0.1) is 12.3 Å². The van der Waals surface area contributed by atoms with Crippen molar-refractivity contribution in [3.05, 3.63) is 64.8 Å². The van der Waals surface area contributed by atoms with E-state index < -0.39 is 0 Å². The molecule has 0 aliphatic carbocycles.